The van der Waals surface area contributed by atoms with Crippen molar-refractivity contribution in [1.82, 2.24) is 4.90 Å². The van der Waals surface area contributed by atoms with E-state index in [1.807, 2.05) is 32.9 Å². The topological polar surface area (TPSA) is 71.2 Å². The highest BCUT2D eigenvalue weighted by molar-refractivity contribution is 5.80. The molecule has 0 saturated carbocycles. The number of carbonyl (C=O) groups excluding carboxylic acids is 1. The number of rotatable bonds is 5. The van der Waals surface area contributed by atoms with Gasteiger partial charge in [-0.2, -0.15) is 5.10 Å². The van der Waals surface area contributed by atoms with Gasteiger partial charge in [-0.25, -0.2) is 0 Å². The van der Waals surface area contributed by atoms with Crippen LogP contribution in [0.25, 0.3) is 11.1 Å². The van der Waals surface area contributed by atoms with E-state index in [1.54, 1.807) is 6.21 Å². The lowest BCUT2D eigenvalue weighted by molar-refractivity contribution is -0.156. The van der Waals surface area contributed by atoms with Crippen LogP contribution in [0.4, 0.5) is 5.69 Å². The molecule has 29 heavy (non-hydrogen) atoms. The number of anilines is 1. The van der Waals surface area contributed by atoms with Crippen molar-refractivity contribution in [2.45, 2.75) is 26.4 Å². The second kappa shape index (κ2) is 9.09. The number of hydrogen-bond acceptors (Lipinski definition) is 6. The van der Waals surface area contributed by atoms with E-state index in [4.69, 9.17) is 10.6 Å². The van der Waals surface area contributed by atoms with Crippen LogP contribution in [0.3, 0.4) is 0 Å². The fourth-order valence-corrected chi connectivity index (χ4v) is 3.43. The van der Waals surface area contributed by atoms with Gasteiger partial charge in [0.2, 0.25) is 0 Å². The van der Waals surface area contributed by atoms with Crippen molar-refractivity contribution in [2.24, 2.45) is 10.9 Å². The molecule has 0 aromatic heterocycles. The summed E-state index contributed by atoms with van der Waals surface area (Å²) in [5, 5.41) is 3.55. The smallest absolute Gasteiger partial charge is 0.320 e. The van der Waals surface area contributed by atoms with Gasteiger partial charge in [0.25, 0.3) is 0 Å². The highest BCUT2D eigenvalue weighted by atomic mass is 16.6. The van der Waals surface area contributed by atoms with Crippen LogP contribution < -0.4 is 10.7 Å². The third-order valence-corrected chi connectivity index (χ3v) is 4.85. The molecule has 1 heterocycles. The van der Waals surface area contributed by atoms with Crippen LogP contribution in [-0.2, 0) is 9.53 Å². The van der Waals surface area contributed by atoms with Crippen LogP contribution in [0.1, 0.15) is 26.3 Å². The summed E-state index contributed by atoms with van der Waals surface area (Å²) >= 11 is 0. The molecular formula is C23H30N4O2. The monoisotopic (exact) mass is 394 g/mol. The molecule has 1 aliphatic rings. The van der Waals surface area contributed by atoms with Gasteiger partial charge in [0.1, 0.15) is 5.60 Å². The number of nitrogens with two attached hydrogens (primary N) is 1. The van der Waals surface area contributed by atoms with Gasteiger partial charge in [-0.1, -0.05) is 36.4 Å². The molecule has 0 amide bonds. The Bertz CT molecular complexity index is 831. The van der Waals surface area contributed by atoms with Gasteiger partial charge in [0.05, 0.1) is 12.8 Å². The van der Waals surface area contributed by atoms with Crippen LogP contribution in [0.5, 0.6) is 0 Å². The van der Waals surface area contributed by atoms with E-state index in [9.17, 15) is 4.79 Å². The van der Waals surface area contributed by atoms with Crippen molar-refractivity contribution in [3.63, 3.8) is 0 Å². The van der Waals surface area contributed by atoms with Crippen molar-refractivity contribution >= 4 is 17.9 Å². The molecule has 1 fully saturated rings. The summed E-state index contributed by atoms with van der Waals surface area (Å²) in [7, 11) is 0. The minimum absolute atomic E-state index is 0.154. The maximum atomic E-state index is 12.0. The first-order valence-electron chi connectivity index (χ1n) is 9.97. The van der Waals surface area contributed by atoms with Crippen molar-refractivity contribution in [3.05, 3.63) is 54.1 Å². The summed E-state index contributed by atoms with van der Waals surface area (Å²) in [6, 6.07) is 16.8. The van der Waals surface area contributed by atoms with E-state index < -0.39 is 5.60 Å². The molecule has 1 aliphatic heterocycles. The Morgan fingerprint density at radius 3 is 2.07 bits per heavy atom. The molecule has 1 saturated heterocycles. The summed E-state index contributed by atoms with van der Waals surface area (Å²) in [6.45, 7) is 9.55. The summed E-state index contributed by atoms with van der Waals surface area (Å²) in [6.07, 6.45) is 1.63. The quantitative estimate of drug-likeness (QED) is 0.365. The van der Waals surface area contributed by atoms with Crippen LogP contribution in [0, 0.1) is 0 Å². The van der Waals surface area contributed by atoms with E-state index in [0.717, 1.165) is 37.3 Å². The lowest BCUT2D eigenvalue weighted by atomic mass is 10.0. The lowest BCUT2D eigenvalue weighted by Gasteiger charge is -2.36. The average Bonchev–Trinajstić information content (AvgIpc) is 2.68. The highest BCUT2D eigenvalue weighted by Gasteiger charge is 2.22. The maximum Gasteiger partial charge on any atom is 0.320 e. The Kier molecular flexibility index (Phi) is 6.54. The van der Waals surface area contributed by atoms with E-state index in [2.05, 4.69) is 51.3 Å². The Labute approximate surface area is 172 Å². The second-order valence-corrected chi connectivity index (χ2v) is 8.30. The molecule has 3 rings (SSSR count). The molecule has 154 valence electrons. The molecular weight excluding hydrogens is 364 g/mol. The number of hydrazone groups is 1. The lowest BCUT2D eigenvalue weighted by Crippen LogP contribution is -2.48. The summed E-state index contributed by atoms with van der Waals surface area (Å²) in [4.78, 5) is 16.5. The predicted octanol–water partition coefficient (Wildman–Crippen LogP) is 3.11. The normalized spacial score (nSPS) is 15.6. The van der Waals surface area contributed by atoms with E-state index in [0.29, 0.717) is 6.54 Å². The fourth-order valence-electron chi connectivity index (χ4n) is 3.43. The zero-order chi connectivity index (χ0) is 20.9. The number of hydrogen-bond donors (Lipinski definition) is 1. The molecule has 0 unspecified atom stereocenters. The molecule has 2 N–H and O–H groups in total. The summed E-state index contributed by atoms with van der Waals surface area (Å²) in [5.74, 6) is 5.04. The van der Waals surface area contributed by atoms with Crippen LogP contribution in [0.15, 0.2) is 53.6 Å². The predicted molar refractivity (Wildman–Crippen MR) is 118 cm³/mol. The van der Waals surface area contributed by atoms with Gasteiger partial charge in [-0.05, 0) is 49.6 Å². The van der Waals surface area contributed by atoms with Crippen molar-refractivity contribution < 1.29 is 9.53 Å². The molecule has 0 aliphatic carbocycles. The molecule has 0 atom stereocenters. The Morgan fingerprint density at radius 1 is 1.00 bits per heavy atom. The first-order valence-corrected chi connectivity index (χ1v) is 9.97. The third kappa shape index (κ3) is 6.06. The molecule has 6 nitrogen and oxygen atoms in total. The van der Waals surface area contributed by atoms with Gasteiger partial charge >= 0.3 is 5.97 Å². The zero-order valence-corrected chi connectivity index (χ0v) is 17.5. The van der Waals surface area contributed by atoms with Gasteiger partial charge in [0, 0.05) is 31.9 Å². The number of nitrogens with zero attached hydrogens (tertiary/aromatic N) is 3. The number of esters is 1. The maximum absolute atomic E-state index is 12.0. The number of piperazine rings is 1. The van der Waals surface area contributed by atoms with Gasteiger partial charge < -0.3 is 15.5 Å². The standard InChI is InChI=1S/C23H30N4O2/c1-23(2,3)29-22(28)17-26-12-14-27(15-13-26)21-10-8-20(9-11-21)19-6-4-18(5-7-19)16-25-24/h4-11,16H,12-15,17,24H2,1-3H3. The molecule has 6 heteroatoms. The fraction of sp³-hybridized carbons (Fsp3) is 0.391. The first kappa shape index (κ1) is 20.9. The number of benzene rings is 2. The SMILES string of the molecule is CC(C)(C)OC(=O)CN1CCN(c2ccc(-c3ccc(C=NN)cc3)cc2)CC1. The zero-order valence-electron chi connectivity index (χ0n) is 17.5. The average molecular weight is 395 g/mol. The molecule has 2 aromatic rings. The first-order chi connectivity index (χ1) is 13.8. The minimum atomic E-state index is -0.432. The number of ether oxygens (including phenoxy) is 1. The largest absolute Gasteiger partial charge is 0.459 e. The Balaban J connectivity index is 1.54. The van der Waals surface area contributed by atoms with Crippen LogP contribution in [-0.4, -0.2) is 55.4 Å². The minimum Gasteiger partial charge on any atom is -0.459 e. The van der Waals surface area contributed by atoms with E-state index in [-0.39, 0.29) is 5.97 Å². The molecule has 2 aromatic carbocycles. The highest BCUT2D eigenvalue weighted by Crippen LogP contribution is 2.24. The van der Waals surface area contributed by atoms with Crippen LogP contribution in [0.2, 0.25) is 0 Å². The van der Waals surface area contributed by atoms with Gasteiger partial charge in [-0.3, -0.25) is 9.69 Å². The molecule has 0 radical (unpaired) electrons. The van der Waals surface area contributed by atoms with Crippen LogP contribution >= 0.6 is 0 Å². The molecule has 0 spiro atoms. The summed E-state index contributed by atoms with van der Waals surface area (Å²) in [5.41, 5.74) is 4.09. The summed E-state index contributed by atoms with van der Waals surface area (Å²) < 4.78 is 5.42. The van der Waals surface area contributed by atoms with Crippen molar-refractivity contribution in [2.75, 3.05) is 37.6 Å². The third-order valence-electron chi connectivity index (χ3n) is 4.85. The number of carbonyl (C=O) groups is 1. The Hall–Kier alpha value is -2.86. The van der Waals surface area contributed by atoms with E-state index >= 15 is 0 Å². The van der Waals surface area contributed by atoms with E-state index in [1.165, 1.54) is 11.3 Å². The van der Waals surface area contributed by atoms with Gasteiger partial charge in [-0.15, -0.1) is 0 Å². The van der Waals surface area contributed by atoms with Crippen molar-refractivity contribution in [1.29, 1.82) is 0 Å². The van der Waals surface area contributed by atoms with Crippen molar-refractivity contribution in [3.8, 4) is 11.1 Å². The van der Waals surface area contributed by atoms with Gasteiger partial charge in [0.15, 0.2) is 0 Å². The molecule has 0 bridgehead atoms. The second-order valence-electron chi connectivity index (χ2n) is 8.30. The Morgan fingerprint density at radius 2 is 1.55 bits per heavy atom.